The summed E-state index contributed by atoms with van der Waals surface area (Å²) in [5.74, 6) is 0.656. The molecule has 1 aromatic rings. The molecule has 1 rings (SSSR count). The van der Waals surface area contributed by atoms with Crippen LogP contribution in [0.15, 0.2) is 30.3 Å². The highest BCUT2D eigenvalue weighted by Gasteiger charge is 2.12. The Balaban J connectivity index is 2.83. The minimum atomic E-state index is -0.0782. The smallest absolute Gasteiger partial charge is 0.322 e. The van der Waals surface area contributed by atoms with E-state index in [0.717, 1.165) is 5.69 Å². The van der Waals surface area contributed by atoms with Crippen LogP contribution in [0.4, 0.5) is 10.5 Å². The molecule has 0 aliphatic carbocycles. The summed E-state index contributed by atoms with van der Waals surface area (Å²) in [6.45, 7) is 0. The van der Waals surface area contributed by atoms with Gasteiger partial charge in [0.05, 0.1) is 5.88 Å². The molecule has 0 saturated heterocycles. The topological polar surface area (TPSA) is 32.3 Å². The van der Waals surface area contributed by atoms with Crippen molar-refractivity contribution in [1.29, 1.82) is 0 Å². The van der Waals surface area contributed by atoms with E-state index in [4.69, 9.17) is 0 Å². The van der Waals surface area contributed by atoms with Crippen molar-refractivity contribution in [2.75, 3.05) is 24.1 Å². The first-order valence-corrected chi connectivity index (χ1v) is 5.72. The van der Waals surface area contributed by atoms with Crippen LogP contribution in [0.3, 0.4) is 0 Å². The Morgan fingerprint density at radius 2 is 2.07 bits per heavy atom. The van der Waals surface area contributed by atoms with Crippen molar-refractivity contribution in [2.45, 2.75) is 0 Å². The van der Waals surface area contributed by atoms with E-state index in [9.17, 15) is 4.79 Å². The van der Waals surface area contributed by atoms with Gasteiger partial charge < -0.3 is 5.32 Å². The molecule has 0 heterocycles. The zero-order chi connectivity index (χ0) is 10.4. The van der Waals surface area contributed by atoms with Crippen LogP contribution in [0.25, 0.3) is 0 Å². The first kappa shape index (κ1) is 10.9. The van der Waals surface area contributed by atoms with Crippen LogP contribution in [-0.2, 0) is 0 Å². The highest BCUT2D eigenvalue weighted by Crippen LogP contribution is 2.15. The molecule has 14 heavy (non-hydrogen) atoms. The number of carbonyl (C=O) groups excluding carboxylic acids is 1. The molecule has 1 aromatic carbocycles. The molecular formula is C10H14N2OS. The average Bonchev–Trinajstić information content (AvgIpc) is 2.26. The molecule has 0 fully saturated rings. The lowest BCUT2D eigenvalue weighted by Gasteiger charge is -2.20. The number of rotatable bonds is 3. The molecule has 0 bridgehead atoms. The van der Waals surface area contributed by atoms with Gasteiger partial charge in [-0.1, -0.05) is 18.2 Å². The Morgan fingerprint density at radius 3 is 2.57 bits per heavy atom. The van der Waals surface area contributed by atoms with Gasteiger partial charge in [-0.3, -0.25) is 4.90 Å². The summed E-state index contributed by atoms with van der Waals surface area (Å²) < 4.78 is 0. The Kier molecular flexibility index (Phi) is 4.32. The summed E-state index contributed by atoms with van der Waals surface area (Å²) in [7, 11) is 1.64. The summed E-state index contributed by atoms with van der Waals surface area (Å²) in [6, 6.07) is 9.55. The second-order valence-corrected chi connectivity index (χ2v) is 3.57. The van der Waals surface area contributed by atoms with Gasteiger partial charge in [-0.2, -0.15) is 0 Å². The van der Waals surface area contributed by atoms with Crippen molar-refractivity contribution < 1.29 is 4.79 Å². The maximum atomic E-state index is 11.5. The fourth-order valence-electron chi connectivity index (χ4n) is 1.12. The molecule has 0 saturated carbocycles. The van der Waals surface area contributed by atoms with Crippen LogP contribution in [0.1, 0.15) is 0 Å². The standard InChI is InChI=1S/C10H14N2OS/c1-11-10(13)12(8-14-2)9-6-4-3-5-7-9/h3-7H,8H2,1-2H3,(H,11,13). The highest BCUT2D eigenvalue weighted by molar-refractivity contribution is 7.98. The van der Waals surface area contributed by atoms with Crippen LogP contribution < -0.4 is 10.2 Å². The molecule has 2 amide bonds. The van der Waals surface area contributed by atoms with Crippen LogP contribution in [-0.4, -0.2) is 25.2 Å². The van der Waals surface area contributed by atoms with E-state index in [-0.39, 0.29) is 6.03 Å². The fraction of sp³-hybridized carbons (Fsp3) is 0.300. The zero-order valence-electron chi connectivity index (χ0n) is 8.36. The van der Waals surface area contributed by atoms with Gasteiger partial charge >= 0.3 is 6.03 Å². The number of hydrogen-bond acceptors (Lipinski definition) is 2. The minimum Gasteiger partial charge on any atom is -0.341 e. The maximum Gasteiger partial charge on any atom is 0.322 e. The van der Waals surface area contributed by atoms with Gasteiger partial charge in [0.2, 0.25) is 0 Å². The third kappa shape index (κ3) is 2.67. The van der Waals surface area contributed by atoms with Crippen molar-refractivity contribution >= 4 is 23.5 Å². The van der Waals surface area contributed by atoms with Crippen LogP contribution in [0.5, 0.6) is 0 Å². The average molecular weight is 210 g/mol. The second kappa shape index (κ2) is 5.54. The van der Waals surface area contributed by atoms with Gasteiger partial charge in [-0.05, 0) is 18.4 Å². The molecule has 3 nitrogen and oxygen atoms in total. The molecule has 1 N–H and O–H groups in total. The van der Waals surface area contributed by atoms with E-state index in [1.54, 1.807) is 23.7 Å². The Morgan fingerprint density at radius 1 is 1.43 bits per heavy atom. The predicted molar refractivity (Wildman–Crippen MR) is 61.8 cm³/mol. The van der Waals surface area contributed by atoms with Crippen LogP contribution in [0.2, 0.25) is 0 Å². The first-order valence-electron chi connectivity index (χ1n) is 4.33. The molecule has 0 aliphatic heterocycles. The molecular weight excluding hydrogens is 196 g/mol. The summed E-state index contributed by atoms with van der Waals surface area (Å²) in [5.41, 5.74) is 0.918. The van der Waals surface area contributed by atoms with Crippen LogP contribution >= 0.6 is 11.8 Å². The zero-order valence-corrected chi connectivity index (χ0v) is 9.17. The Bertz CT molecular complexity index is 289. The number of anilines is 1. The monoisotopic (exact) mass is 210 g/mol. The van der Waals surface area contributed by atoms with Gasteiger partial charge in [0.15, 0.2) is 0 Å². The largest absolute Gasteiger partial charge is 0.341 e. The number of thioether (sulfide) groups is 1. The molecule has 0 atom stereocenters. The van der Waals surface area contributed by atoms with E-state index in [0.29, 0.717) is 5.88 Å². The number of amides is 2. The number of carbonyl (C=O) groups is 1. The van der Waals surface area contributed by atoms with Gasteiger partial charge in [0.25, 0.3) is 0 Å². The summed E-state index contributed by atoms with van der Waals surface area (Å²) in [6.07, 6.45) is 1.97. The lowest BCUT2D eigenvalue weighted by atomic mass is 10.3. The van der Waals surface area contributed by atoms with E-state index < -0.39 is 0 Å². The van der Waals surface area contributed by atoms with Crippen molar-refractivity contribution in [3.8, 4) is 0 Å². The molecule has 0 unspecified atom stereocenters. The van der Waals surface area contributed by atoms with Crippen molar-refractivity contribution in [1.82, 2.24) is 5.32 Å². The lowest BCUT2D eigenvalue weighted by molar-refractivity contribution is 0.249. The van der Waals surface area contributed by atoms with E-state index >= 15 is 0 Å². The number of urea groups is 1. The summed E-state index contributed by atoms with van der Waals surface area (Å²) >= 11 is 1.61. The first-order chi connectivity index (χ1) is 6.79. The van der Waals surface area contributed by atoms with E-state index in [1.165, 1.54) is 0 Å². The molecule has 76 valence electrons. The number of nitrogens with zero attached hydrogens (tertiary/aromatic N) is 1. The third-order valence-electron chi connectivity index (χ3n) is 1.79. The Hall–Kier alpha value is -1.16. The van der Waals surface area contributed by atoms with Crippen molar-refractivity contribution in [2.24, 2.45) is 0 Å². The highest BCUT2D eigenvalue weighted by atomic mass is 32.2. The van der Waals surface area contributed by atoms with Gasteiger partial charge in [0, 0.05) is 12.7 Å². The minimum absolute atomic E-state index is 0.0782. The maximum absolute atomic E-state index is 11.5. The van der Waals surface area contributed by atoms with Crippen molar-refractivity contribution in [3.05, 3.63) is 30.3 Å². The second-order valence-electron chi connectivity index (χ2n) is 2.74. The number of para-hydroxylation sites is 1. The predicted octanol–water partition coefficient (Wildman–Crippen LogP) is 2.15. The third-order valence-corrected chi connectivity index (χ3v) is 2.30. The van der Waals surface area contributed by atoms with Crippen LogP contribution in [0, 0.1) is 0 Å². The number of hydrogen-bond donors (Lipinski definition) is 1. The van der Waals surface area contributed by atoms with E-state index in [2.05, 4.69) is 5.32 Å². The molecule has 4 heteroatoms. The molecule has 0 spiro atoms. The normalized spacial score (nSPS) is 9.57. The summed E-state index contributed by atoms with van der Waals surface area (Å²) in [4.78, 5) is 13.2. The quantitative estimate of drug-likeness (QED) is 0.775. The number of benzene rings is 1. The fourth-order valence-corrected chi connectivity index (χ4v) is 1.65. The van der Waals surface area contributed by atoms with Gasteiger partial charge in [-0.15, -0.1) is 11.8 Å². The number of nitrogens with one attached hydrogen (secondary N) is 1. The van der Waals surface area contributed by atoms with Gasteiger partial charge in [-0.25, -0.2) is 4.79 Å². The Labute approximate surface area is 88.5 Å². The lowest BCUT2D eigenvalue weighted by Crippen LogP contribution is -2.37. The molecule has 0 radical (unpaired) electrons. The van der Waals surface area contributed by atoms with Crippen molar-refractivity contribution in [3.63, 3.8) is 0 Å². The van der Waals surface area contributed by atoms with Gasteiger partial charge in [0.1, 0.15) is 0 Å². The molecule has 0 aliphatic rings. The summed E-state index contributed by atoms with van der Waals surface area (Å²) in [5, 5.41) is 2.62. The molecule has 0 aromatic heterocycles. The van der Waals surface area contributed by atoms with E-state index in [1.807, 2.05) is 36.6 Å². The SMILES string of the molecule is CNC(=O)N(CSC)c1ccccc1.